The maximum Gasteiger partial charge on any atom is 0.193 e. The van der Waals surface area contributed by atoms with Gasteiger partial charge >= 0.3 is 0 Å². The standard InChI is InChI=1S/C19H30N2OSSi/c1-15(22-24(5,6)19(2,3)4)18-21-14-17(23-18)13-20-12-16-10-8-7-9-11-16/h7-11,14-15,20H,12-13H2,1-6H3/t15-/m0/s1. The quantitative estimate of drug-likeness (QED) is 0.659. The molecule has 0 radical (unpaired) electrons. The summed E-state index contributed by atoms with van der Waals surface area (Å²) in [5, 5.41) is 4.78. The first-order valence-electron chi connectivity index (χ1n) is 8.56. The third kappa shape index (κ3) is 5.24. The minimum absolute atomic E-state index is 0.0683. The van der Waals surface area contributed by atoms with E-state index in [2.05, 4.69) is 75.4 Å². The first-order chi connectivity index (χ1) is 11.2. The van der Waals surface area contributed by atoms with E-state index in [0.29, 0.717) is 0 Å². The fourth-order valence-electron chi connectivity index (χ4n) is 2.19. The van der Waals surface area contributed by atoms with Gasteiger partial charge in [-0.25, -0.2) is 4.98 Å². The predicted octanol–water partition coefficient (Wildman–Crippen LogP) is 5.52. The Morgan fingerprint density at radius 1 is 1.17 bits per heavy atom. The molecule has 132 valence electrons. The molecule has 2 rings (SSSR count). The number of nitrogens with zero attached hydrogens (tertiary/aromatic N) is 1. The Morgan fingerprint density at radius 2 is 1.83 bits per heavy atom. The normalized spacial score (nSPS) is 13.9. The van der Waals surface area contributed by atoms with Crippen LogP contribution in [0.15, 0.2) is 36.5 Å². The lowest BCUT2D eigenvalue weighted by Crippen LogP contribution is -2.41. The summed E-state index contributed by atoms with van der Waals surface area (Å²) >= 11 is 1.75. The van der Waals surface area contributed by atoms with Gasteiger partial charge in [0, 0.05) is 24.2 Å². The van der Waals surface area contributed by atoms with Crippen LogP contribution in [0.2, 0.25) is 18.1 Å². The molecule has 2 aromatic rings. The largest absolute Gasteiger partial charge is 0.408 e. The first kappa shape index (κ1) is 19.3. The van der Waals surface area contributed by atoms with Crippen LogP contribution in [0.25, 0.3) is 0 Å². The molecule has 0 aliphatic heterocycles. The Morgan fingerprint density at radius 3 is 2.46 bits per heavy atom. The Balaban J connectivity index is 1.88. The van der Waals surface area contributed by atoms with E-state index in [1.807, 2.05) is 12.3 Å². The third-order valence-electron chi connectivity index (χ3n) is 4.67. The average Bonchev–Trinajstić information content (AvgIpc) is 2.96. The Kier molecular flexibility index (Phi) is 6.37. The van der Waals surface area contributed by atoms with Gasteiger partial charge in [-0.2, -0.15) is 0 Å². The van der Waals surface area contributed by atoms with Crippen LogP contribution in [-0.4, -0.2) is 13.3 Å². The van der Waals surface area contributed by atoms with Crippen LogP contribution in [0.5, 0.6) is 0 Å². The van der Waals surface area contributed by atoms with Crippen LogP contribution in [0.3, 0.4) is 0 Å². The van der Waals surface area contributed by atoms with Gasteiger partial charge in [-0.15, -0.1) is 11.3 Å². The van der Waals surface area contributed by atoms with Crippen molar-refractivity contribution in [3.8, 4) is 0 Å². The summed E-state index contributed by atoms with van der Waals surface area (Å²) < 4.78 is 6.44. The summed E-state index contributed by atoms with van der Waals surface area (Å²) in [6, 6.07) is 10.5. The third-order valence-corrected chi connectivity index (χ3v) is 10.4. The maximum atomic E-state index is 6.44. The van der Waals surface area contributed by atoms with Crippen LogP contribution < -0.4 is 5.32 Å². The molecule has 1 aromatic carbocycles. The first-order valence-corrected chi connectivity index (χ1v) is 12.3. The molecule has 1 heterocycles. The van der Waals surface area contributed by atoms with Crippen molar-refractivity contribution in [2.45, 2.75) is 65.0 Å². The Bertz CT molecular complexity index is 634. The SMILES string of the molecule is C[C@H](O[Si](C)(C)C(C)(C)C)c1ncc(CNCc2ccccc2)s1. The van der Waals surface area contributed by atoms with Crippen molar-refractivity contribution in [3.63, 3.8) is 0 Å². The highest BCUT2D eigenvalue weighted by Gasteiger charge is 2.39. The second-order valence-electron chi connectivity index (χ2n) is 7.77. The molecule has 0 spiro atoms. The molecule has 0 unspecified atom stereocenters. The highest BCUT2D eigenvalue weighted by atomic mass is 32.1. The number of thiazole rings is 1. The van der Waals surface area contributed by atoms with E-state index in [1.54, 1.807) is 11.3 Å². The van der Waals surface area contributed by atoms with Crippen LogP contribution in [-0.2, 0) is 17.5 Å². The number of hydrogen-bond acceptors (Lipinski definition) is 4. The van der Waals surface area contributed by atoms with Crippen molar-refractivity contribution in [3.05, 3.63) is 52.0 Å². The lowest BCUT2D eigenvalue weighted by atomic mass is 10.2. The molecule has 0 amide bonds. The van der Waals surface area contributed by atoms with Crippen molar-refractivity contribution in [2.24, 2.45) is 0 Å². The van der Waals surface area contributed by atoms with E-state index >= 15 is 0 Å². The van der Waals surface area contributed by atoms with Gasteiger partial charge in [0.05, 0.1) is 6.10 Å². The van der Waals surface area contributed by atoms with Crippen molar-refractivity contribution < 1.29 is 4.43 Å². The van der Waals surface area contributed by atoms with Crippen molar-refractivity contribution in [1.29, 1.82) is 0 Å². The molecule has 0 saturated heterocycles. The summed E-state index contributed by atoms with van der Waals surface area (Å²) in [6.07, 6.45) is 2.04. The van der Waals surface area contributed by atoms with E-state index in [-0.39, 0.29) is 11.1 Å². The zero-order valence-electron chi connectivity index (χ0n) is 15.7. The average molecular weight is 363 g/mol. The van der Waals surface area contributed by atoms with Gasteiger partial charge in [0.15, 0.2) is 8.32 Å². The highest BCUT2D eigenvalue weighted by Crippen LogP contribution is 2.40. The van der Waals surface area contributed by atoms with E-state index < -0.39 is 8.32 Å². The summed E-state index contributed by atoms with van der Waals surface area (Å²) in [7, 11) is -1.76. The molecule has 0 saturated carbocycles. The van der Waals surface area contributed by atoms with E-state index in [1.165, 1.54) is 10.4 Å². The molecule has 3 nitrogen and oxygen atoms in total. The van der Waals surface area contributed by atoms with E-state index in [4.69, 9.17) is 4.43 Å². The number of rotatable bonds is 7. The van der Waals surface area contributed by atoms with Crippen LogP contribution in [0.4, 0.5) is 0 Å². The fraction of sp³-hybridized carbons (Fsp3) is 0.526. The van der Waals surface area contributed by atoms with E-state index in [0.717, 1.165) is 18.1 Å². The molecule has 0 aliphatic carbocycles. The van der Waals surface area contributed by atoms with Crippen LogP contribution in [0, 0.1) is 0 Å². The summed E-state index contributed by atoms with van der Waals surface area (Å²) in [5.41, 5.74) is 1.30. The molecule has 1 aromatic heterocycles. The molecule has 0 fully saturated rings. The Labute approximate surface area is 151 Å². The molecule has 0 bridgehead atoms. The number of nitrogens with one attached hydrogen (secondary N) is 1. The monoisotopic (exact) mass is 362 g/mol. The van der Waals surface area contributed by atoms with Gasteiger partial charge in [0.25, 0.3) is 0 Å². The van der Waals surface area contributed by atoms with Crippen LogP contribution in [0.1, 0.15) is 49.2 Å². The highest BCUT2D eigenvalue weighted by molar-refractivity contribution is 7.11. The van der Waals surface area contributed by atoms with Crippen LogP contribution >= 0.6 is 11.3 Å². The van der Waals surface area contributed by atoms with Gasteiger partial charge in [-0.3, -0.25) is 0 Å². The second-order valence-corrected chi connectivity index (χ2v) is 13.7. The zero-order valence-corrected chi connectivity index (χ0v) is 17.5. The second kappa shape index (κ2) is 7.91. The molecular weight excluding hydrogens is 332 g/mol. The lowest BCUT2D eigenvalue weighted by Gasteiger charge is -2.38. The van der Waals surface area contributed by atoms with Crippen molar-refractivity contribution in [1.82, 2.24) is 10.3 Å². The minimum Gasteiger partial charge on any atom is -0.408 e. The van der Waals surface area contributed by atoms with Crippen molar-refractivity contribution >= 4 is 19.7 Å². The van der Waals surface area contributed by atoms with Gasteiger partial charge in [0.2, 0.25) is 0 Å². The summed E-state index contributed by atoms with van der Waals surface area (Å²) in [6.45, 7) is 15.2. The van der Waals surface area contributed by atoms with Gasteiger partial charge in [-0.05, 0) is 30.6 Å². The molecular formula is C19H30N2OSSi. The minimum atomic E-state index is -1.76. The topological polar surface area (TPSA) is 34.1 Å². The van der Waals surface area contributed by atoms with Gasteiger partial charge < -0.3 is 9.74 Å². The smallest absolute Gasteiger partial charge is 0.193 e. The number of hydrogen-bond donors (Lipinski definition) is 1. The number of benzene rings is 1. The van der Waals surface area contributed by atoms with Crippen molar-refractivity contribution in [2.75, 3.05) is 0 Å². The Hall–Kier alpha value is -1.01. The molecule has 24 heavy (non-hydrogen) atoms. The maximum absolute atomic E-state index is 6.44. The number of aromatic nitrogens is 1. The molecule has 5 heteroatoms. The summed E-state index contributed by atoms with van der Waals surface area (Å²) in [4.78, 5) is 5.84. The molecule has 1 atom stereocenters. The fourth-order valence-corrected chi connectivity index (χ4v) is 4.49. The molecule has 0 aliphatic rings. The molecule has 1 N–H and O–H groups in total. The van der Waals surface area contributed by atoms with Gasteiger partial charge in [0.1, 0.15) is 5.01 Å². The van der Waals surface area contributed by atoms with Gasteiger partial charge in [-0.1, -0.05) is 51.1 Å². The predicted molar refractivity (Wildman–Crippen MR) is 106 cm³/mol. The summed E-state index contributed by atoms with van der Waals surface area (Å²) in [5.74, 6) is 0. The lowest BCUT2D eigenvalue weighted by molar-refractivity contribution is 0.202. The van der Waals surface area contributed by atoms with E-state index in [9.17, 15) is 0 Å². The zero-order chi connectivity index (χ0) is 17.8.